The smallest absolute Gasteiger partial charge is 0.251 e. The summed E-state index contributed by atoms with van der Waals surface area (Å²) < 4.78 is 0. The Morgan fingerprint density at radius 2 is 2.03 bits per heavy atom. The predicted octanol–water partition coefficient (Wildman–Crippen LogP) is 1.80. The van der Waals surface area contributed by atoms with Gasteiger partial charge in [-0.2, -0.15) is 0 Å². The summed E-state index contributed by atoms with van der Waals surface area (Å²) in [5.41, 5.74) is 1.25. The Bertz CT molecular complexity index is 938. The van der Waals surface area contributed by atoms with Gasteiger partial charge in [0.25, 0.3) is 5.91 Å². The van der Waals surface area contributed by atoms with E-state index in [1.807, 2.05) is 24.3 Å². The van der Waals surface area contributed by atoms with Crippen molar-refractivity contribution in [2.24, 2.45) is 22.7 Å². The van der Waals surface area contributed by atoms with E-state index in [0.29, 0.717) is 5.52 Å². The number of rotatable bonds is 6. The number of nitrogens with one attached hydrogen (secondary N) is 3. The number of fused-ring (bicyclic) bond motifs is 3. The standard InChI is InChI=1S/C22H30N4O4/c1-21(2)13-8-9-22(21,3)18(29)12(13)10-17(28)23-16(11-27)19(30)26-20-24-14-6-4-5-7-15(14)25-20/h4-7,12-13,16,18,27,29H,8-11H2,1-3H3,(H,23,28)(H2,24,25,26,30)/t12?,13?,16-,18?,22?/m0/s1. The van der Waals surface area contributed by atoms with Crippen LogP contribution in [-0.2, 0) is 9.59 Å². The average Bonchev–Trinajstić information content (AvgIpc) is 3.25. The van der Waals surface area contributed by atoms with Crippen LogP contribution in [0.1, 0.15) is 40.0 Å². The molecule has 2 bridgehead atoms. The van der Waals surface area contributed by atoms with E-state index in [4.69, 9.17) is 0 Å². The quantitative estimate of drug-likeness (QED) is 0.493. The number of aromatic nitrogens is 2. The minimum absolute atomic E-state index is 0.0353. The van der Waals surface area contributed by atoms with E-state index in [1.165, 1.54) is 0 Å². The molecule has 8 heteroatoms. The Balaban J connectivity index is 1.38. The first-order valence-electron chi connectivity index (χ1n) is 10.5. The van der Waals surface area contributed by atoms with Crippen molar-refractivity contribution in [3.63, 3.8) is 0 Å². The molecule has 4 unspecified atom stereocenters. The average molecular weight is 415 g/mol. The van der Waals surface area contributed by atoms with E-state index < -0.39 is 24.7 Å². The molecule has 1 aromatic carbocycles. The third-order valence-corrected chi connectivity index (χ3v) is 7.84. The highest BCUT2D eigenvalue weighted by molar-refractivity contribution is 5.97. The third-order valence-electron chi connectivity index (χ3n) is 7.84. The van der Waals surface area contributed by atoms with Crippen molar-refractivity contribution in [3.8, 4) is 0 Å². The number of aliphatic hydroxyl groups excluding tert-OH is 2. The number of nitrogens with zero attached hydrogens (tertiary/aromatic N) is 1. The van der Waals surface area contributed by atoms with Crippen molar-refractivity contribution < 1.29 is 19.8 Å². The molecule has 0 aliphatic heterocycles. The SMILES string of the molecule is CC1(C)C2CCC1(C)C(O)C2CC(=O)N[C@@H](CO)C(=O)Nc1nc2ccccc2[nH]1. The first-order valence-corrected chi connectivity index (χ1v) is 10.5. The summed E-state index contributed by atoms with van der Waals surface area (Å²) in [4.78, 5) is 32.5. The van der Waals surface area contributed by atoms with E-state index in [0.717, 1.165) is 18.4 Å². The Morgan fingerprint density at radius 3 is 2.67 bits per heavy atom. The second-order valence-corrected chi connectivity index (χ2v) is 9.49. The molecule has 0 radical (unpaired) electrons. The Hall–Kier alpha value is -2.45. The fourth-order valence-electron chi connectivity index (χ4n) is 5.66. The molecule has 0 saturated heterocycles. The van der Waals surface area contributed by atoms with E-state index in [-0.39, 0.29) is 40.9 Å². The number of aliphatic hydroxyl groups is 2. The molecule has 2 aromatic rings. The largest absolute Gasteiger partial charge is 0.394 e. The highest BCUT2D eigenvalue weighted by Crippen LogP contribution is 2.68. The molecular formula is C22H30N4O4. The van der Waals surface area contributed by atoms with Crippen molar-refractivity contribution in [3.05, 3.63) is 24.3 Å². The van der Waals surface area contributed by atoms with Gasteiger partial charge < -0.3 is 20.5 Å². The van der Waals surface area contributed by atoms with Crippen molar-refractivity contribution in [1.82, 2.24) is 15.3 Å². The van der Waals surface area contributed by atoms with Gasteiger partial charge in [-0.25, -0.2) is 4.98 Å². The number of carbonyl (C=O) groups is 2. The first kappa shape index (κ1) is 20.8. The molecule has 5 N–H and O–H groups in total. The Kier molecular flexibility index (Phi) is 5.10. The number of imidazole rings is 1. The van der Waals surface area contributed by atoms with Crippen LogP contribution in [0.15, 0.2) is 24.3 Å². The lowest BCUT2D eigenvalue weighted by Crippen LogP contribution is -2.47. The highest BCUT2D eigenvalue weighted by Gasteiger charge is 2.65. The number of hydrogen-bond acceptors (Lipinski definition) is 5. The lowest BCUT2D eigenvalue weighted by Gasteiger charge is -2.37. The van der Waals surface area contributed by atoms with Gasteiger partial charge in [0.05, 0.1) is 23.7 Å². The summed E-state index contributed by atoms with van der Waals surface area (Å²) in [6, 6.07) is 6.26. The van der Waals surface area contributed by atoms with Gasteiger partial charge in [0.2, 0.25) is 11.9 Å². The zero-order chi connectivity index (χ0) is 21.7. The summed E-state index contributed by atoms with van der Waals surface area (Å²) in [6.07, 6.45) is 1.55. The number of H-pyrrole nitrogens is 1. The topological polar surface area (TPSA) is 127 Å². The van der Waals surface area contributed by atoms with Crippen molar-refractivity contribution in [2.75, 3.05) is 11.9 Å². The van der Waals surface area contributed by atoms with Gasteiger partial charge in [0.1, 0.15) is 6.04 Å². The van der Waals surface area contributed by atoms with E-state index in [9.17, 15) is 19.8 Å². The van der Waals surface area contributed by atoms with E-state index in [2.05, 4.69) is 41.4 Å². The predicted molar refractivity (Wildman–Crippen MR) is 112 cm³/mol. The number of benzene rings is 1. The number of para-hydroxylation sites is 2. The molecule has 1 aromatic heterocycles. The van der Waals surface area contributed by atoms with Crippen LogP contribution in [0.25, 0.3) is 11.0 Å². The fourth-order valence-corrected chi connectivity index (χ4v) is 5.66. The summed E-state index contributed by atoms with van der Waals surface area (Å²) in [5, 5.41) is 25.7. The molecule has 1 heterocycles. The lowest BCUT2D eigenvalue weighted by molar-refractivity contribution is -0.129. The van der Waals surface area contributed by atoms with Crippen LogP contribution in [0.4, 0.5) is 5.95 Å². The maximum absolute atomic E-state index is 12.7. The maximum atomic E-state index is 12.7. The molecule has 2 saturated carbocycles. The molecule has 5 atom stereocenters. The van der Waals surface area contributed by atoms with Crippen LogP contribution in [0, 0.1) is 22.7 Å². The molecule has 4 rings (SSSR count). The molecule has 2 aliphatic rings. The minimum atomic E-state index is -1.09. The van der Waals surface area contributed by atoms with Gasteiger partial charge in [-0.1, -0.05) is 32.9 Å². The van der Waals surface area contributed by atoms with Gasteiger partial charge in [-0.05, 0) is 47.6 Å². The first-order chi connectivity index (χ1) is 14.2. The zero-order valence-corrected chi connectivity index (χ0v) is 17.6. The number of hydrogen-bond donors (Lipinski definition) is 5. The van der Waals surface area contributed by atoms with Gasteiger partial charge in [0, 0.05) is 6.42 Å². The van der Waals surface area contributed by atoms with E-state index in [1.54, 1.807) is 0 Å². The van der Waals surface area contributed by atoms with Gasteiger partial charge in [0.15, 0.2) is 0 Å². The molecule has 2 aliphatic carbocycles. The number of anilines is 1. The Morgan fingerprint density at radius 1 is 1.30 bits per heavy atom. The van der Waals surface area contributed by atoms with Gasteiger partial charge in [-0.3, -0.25) is 14.9 Å². The Labute approximate surface area is 175 Å². The fraction of sp³-hybridized carbons (Fsp3) is 0.591. The highest BCUT2D eigenvalue weighted by atomic mass is 16.3. The van der Waals surface area contributed by atoms with Crippen LogP contribution >= 0.6 is 0 Å². The van der Waals surface area contributed by atoms with Crippen LogP contribution < -0.4 is 10.6 Å². The van der Waals surface area contributed by atoms with Gasteiger partial charge in [-0.15, -0.1) is 0 Å². The monoisotopic (exact) mass is 414 g/mol. The van der Waals surface area contributed by atoms with Crippen molar-refractivity contribution in [2.45, 2.75) is 52.2 Å². The second-order valence-electron chi connectivity index (χ2n) is 9.49. The maximum Gasteiger partial charge on any atom is 0.251 e. The zero-order valence-electron chi connectivity index (χ0n) is 17.6. The molecule has 0 spiro atoms. The number of amides is 2. The molecular weight excluding hydrogens is 384 g/mol. The minimum Gasteiger partial charge on any atom is -0.394 e. The van der Waals surface area contributed by atoms with Crippen LogP contribution in [0.5, 0.6) is 0 Å². The van der Waals surface area contributed by atoms with Crippen LogP contribution in [0.2, 0.25) is 0 Å². The van der Waals surface area contributed by atoms with Crippen LogP contribution in [-0.4, -0.2) is 50.7 Å². The second kappa shape index (κ2) is 7.35. The van der Waals surface area contributed by atoms with Crippen molar-refractivity contribution in [1.29, 1.82) is 0 Å². The normalized spacial score (nSPS) is 30.4. The van der Waals surface area contributed by atoms with Gasteiger partial charge >= 0.3 is 0 Å². The summed E-state index contributed by atoms with van der Waals surface area (Å²) in [5.74, 6) is -0.515. The molecule has 162 valence electrons. The molecule has 2 fully saturated rings. The molecule has 8 nitrogen and oxygen atoms in total. The third kappa shape index (κ3) is 3.18. The molecule has 2 amide bonds. The van der Waals surface area contributed by atoms with Crippen LogP contribution in [0.3, 0.4) is 0 Å². The lowest BCUT2D eigenvalue weighted by atomic mass is 9.70. The summed E-state index contributed by atoms with van der Waals surface area (Å²) >= 11 is 0. The van der Waals surface area contributed by atoms with Crippen molar-refractivity contribution >= 4 is 28.8 Å². The summed E-state index contributed by atoms with van der Waals surface area (Å²) in [7, 11) is 0. The summed E-state index contributed by atoms with van der Waals surface area (Å²) in [6.45, 7) is 5.91. The number of aromatic amines is 1. The van der Waals surface area contributed by atoms with E-state index >= 15 is 0 Å². The number of carbonyl (C=O) groups excluding carboxylic acids is 2. The molecule has 30 heavy (non-hydrogen) atoms.